The Morgan fingerprint density at radius 1 is 1.04 bits per heavy atom. The minimum absolute atomic E-state index is 0.0115. The van der Waals surface area contributed by atoms with Gasteiger partial charge in [0.15, 0.2) is 11.5 Å². The number of nitrogens with one attached hydrogen (secondary N) is 1. The van der Waals surface area contributed by atoms with E-state index in [2.05, 4.69) is 10.3 Å². The number of aromatic nitrogens is 1. The molecular formula is C18H18N2O3. The Kier molecular flexibility index (Phi) is 4.30. The molecule has 5 nitrogen and oxygen atoms in total. The summed E-state index contributed by atoms with van der Waals surface area (Å²) in [6.45, 7) is 0.0115. The van der Waals surface area contributed by atoms with Gasteiger partial charge in [-0.25, -0.2) is 0 Å². The number of methoxy groups -OCH3 is 2. The number of benzene rings is 2. The van der Waals surface area contributed by atoms with Gasteiger partial charge in [0.05, 0.1) is 26.3 Å². The summed E-state index contributed by atoms with van der Waals surface area (Å²) in [5, 5.41) is 13.6. The van der Waals surface area contributed by atoms with Crippen molar-refractivity contribution >= 4 is 22.3 Å². The van der Waals surface area contributed by atoms with E-state index >= 15 is 0 Å². The quantitative estimate of drug-likeness (QED) is 0.755. The number of anilines is 2. The van der Waals surface area contributed by atoms with E-state index < -0.39 is 0 Å². The van der Waals surface area contributed by atoms with Gasteiger partial charge < -0.3 is 19.9 Å². The number of hydrogen-bond donors (Lipinski definition) is 2. The van der Waals surface area contributed by atoms with Gasteiger partial charge in [0.1, 0.15) is 0 Å². The molecule has 0 aliphatic rings. The van der Waals surface area contributed by atoms with Crippen LogP contribution in [0.5, 0.6) is 11.5 Å². The van der Waals surface area contributed by atoms with Gasteiger partial charge in [-0.15, -0.1) is 0 Å². The summed E-state index contributed by atoms with van der Waals surface area (Å²) >= 11 is 0. The van der Waals surface area contributed by atoms with Crippen LogP contribution >= 0.6 is 0 Å². The topological polar surface area (TPSA) is 63.6 Å². The summed E-state index contributed by atoms with van der Waals surface area (Å²) < 4.78 is 10.7. The maximum absolute atomic E-state index is 9.26. The number of aliphatic hydroxyl groups excluding tert-OH is 1. The molecule has 0 aliphatic heterocycles. The van der Waals surface area contributed by atoms with E-state index in [1.54, 1.807) is 20.4 Å². The Morgan fingerprint density at radius 3 is 2.57 bits per heavy atom. The Morgan fingerprint density at radius 2 is 1.83 bits per heavy atom. The van der Waals surface area contributed by atoms with E-state index in [-0.39, 0.29) is 6.61 Å². The predicted octanol–water partition coefficient (Wildman–Crippen LogP) is 3.49. The van der Waals surface area contributed by atoms with Gasteiger partial charge in [0.25, 0.3) is 0 Å². The highest BCUT2D eigenvalue weighted by Gasteiger charge is 2.10. The van der Waals surface area contributed by atoms with Crippen LogP contribution in [0.1, 0.15) is 5.56 Å². The van der Waals surface area contributed by atoms with Crippen LogP contribution in [0.25, 0.3) is 10.9 Å². The molecule has 0 saturated carbocycles. The Bertz CT molecular complexity index is 834. The van der Waals surface area contributed by atoms with Crippen molar-refractivity contribution in [3.05, 3.63) is 54.2 Å². The lowest BCUT2D eigenvalue weighted by molar-refractivity contribution is 0.282. The first-order valence-corrected chi connectivity index (χ1v) is 7.22. The molecule has 0 aliphatic carbocycles. The number of nitrogens with zero attached hydrogens (tertiary/aromatic N) is 1. The zero-order valence-electron chi connectivity index (χ0n) is 13.0. The van der Waals surface area contributed by atoms with Gasteiger partial charge >= 0.3 is 0 Å². The first-order chi connectivity index (χ1) is 11.2. The maximum Gasteiger partial charge on any atom is 0.162 e. The SMILES string of the molecule is COc1cc2nccc(Nc3cccc(CO)c3)c2cc1OC. The van der Waals surface area contributed by atoms with Gasteiger partial charge in [-0.3, -0.25) is 4.98 Å². The fourth-order valence-corrected chi connectivity index (χ4v) is 2.48. The number of pyridine rings is 1. The molecule has 3 rings (SSSR count). The van der Waals surface area contributed by atoms with Crippen molar-refractivity contribution in [2.24, 2.45) is 0 Å². The summed E-state index contributed by atoms with van der Waals surface area (Å²) in [6, 6.07) is 13.3. The Labute approximate surface area is 134 Å². The standard InChI is InChI=1S/C18H18N2O3/c1-22-17-9-14-15(6-7-19-16(14)10-18(17)23-2)20-13-5-3-4-12(8-13)11-21/h3-10,21H,11H2,1-2H3,(H,19,20). The molecule has 1 heterocycles. The van der Waals surface area contributed by atoms with Crippen LogP contribution in [-0.2, 0) is 6.61 Å². The third kappa shape index (κ3) is 3.05. The molecule has 0 saturated heterocycles. The van der Waals surface area contributed by atoms with Gasteiger partial charge in [0, 0.05) is 29.0 Å². The molecule has 118 valence electrons. The van der Waals surface area contributed by atoms with Gasteiger partial charge in [-0.05, 0) is 29.8 Å². The second kappa shape index (κ2) is 6.54. The second-order valence-corrected chi connectivity index (χ2v) is 5.07. The third-order valence-corrected chi connectivity index (χ3v) is 3.64. The zero-order chi connectivity index (χ0) is 16.2. The average molecular weight is 310 g/mol. The van der Waals surface area contributed by atoms with Gasteiger partial charge in [-0.1, -0.05) is 12.1 Å². The minimum Gasteiger partial charge on any atom is -0.493 e. The van der Waals surface area contributed by atoms with Crippen LogP contribution in [0.4, 0.5) is 11.4 Å². The van der Waals surface area contributed by atoms with Crippen LogP contribution in [-0.4, -0.2) is 24.3 Å². The monoisotopic (exact) mass is 310 g/mol. The molecule has 23 heavy (non-hydrogen) atoms. The van der Waals surface area contributed by atoms with Crippen molar-refractivity contribution in [2.45, 2.75) is 6.61 Å². The fourth-order valence-electron chi connectivity index (χ4n) is 2.48. The molecule has 0 unspecified atom stereocenters. The van der Waals surface area contributed by atoms with E-state index in [1.807, 2.05) is 42.5 Å². The maximum atomic E-state index is 9.26. The number of fused-ring (bicyclic) bond motifs is 1. The van der Waals surface area contributed by atoms with Crippen molar-refractivity contribution in [1.29, 1.82) is 0 Å². The van der Waals surface area contributed by atoms with E-state index in [4.69, 9.17) is 9.47 Å². The molecule has 0 fully saturated rings. The predicted molar refractivity (Wildman–Crippen MR) is 90.5 cm³/mol. The van der Waals surface area contributed by atoms with Gasteiger partial charge in [0.2, 0.25) is 0 Å². The molecule has 0 bridgehead atoms. The number of rotatable bonds is 5. The number of ether oxygens (including phenoxy) is 2. The molecule has 0 spiro atoms. The first kappa shape index (κ1) is 15.1. The second-order valence-electron chi connectivity index (χ2n) is 5.07. The van der Waals surface area contributed by atoms with Gasteiger partial charge in [-0.2, -0.15) is 0 Å². The number of hydrogen-bond acceptors (Lipinski definition) is 5. The highest BCUT2D eigenvalue weighted by atomic mass is 16.5. The van der Waals surface area contributed by atoms with Crippen molar-refractivity contribution < 1.29 is 14.6 Å². The minimum atomic E-state index is 0.0115. The lowest BCUT2D eigenvalue weighted by Gasteiger charge is -2.13. The normalized spacial score (nSPS) is 10.6. The fraction of sp³-hybridized carbons (Fsp3) is 0.167. The highest BCUT2D eigenvalue weighted by molar-refractivity contribution is 5.95. The van der Waals surface area contributed by atoms with Crippen LogP contribution in [0, 0.1) is 0 Å². The zero-order valence-corrected chi connectivity index (χ0v) is 13.0. The summed E-state index contributed by atoms with van der Waals surface area (Å²) in [5.41, 5.74) is 3.48. The molecular weight excluding hydrogens is 292 g/mol. The average Bonchev–Trinajstić information content (AvgIpc) is 2.61. The van der Waals surface area contributed by atoms with Crippen molar-refractivity contribution in [3.8, 4) is 11.5 Å². The van der Waals surface area contributed by atoms with Crippen molar-refractivity contribution in [1.82, 2.24) is 4.98 Å². The molecule has 3 aromatic rings. The summed E-state index contributed by atoms with van der Waals surface area (Å²) in [6.07, 6.45) is 1.74. The van der Waals surface area contributed by atoms with E-state index in [9.17, 15) is 5.11 Å². The van der Waals surface area contributed by atoms with Crippen molar-refractivity contribution in [2.75, 3.05) is 19.5 Å². The molecule has 0 atom stereocenters. The molecule has 2 N–H and O–H groups in total. The summed E-state index contributed by atoms with van der Waals surface area (Å²) in [5.74, 6) is 1.30. The van der Waals surface area contributed by atoms with Crippen LogP contribution in [0.15, 0.2) is 48.7 Å². The van der Waals surface area contributed by atoms with Crippen LogP contribution in [0.2, 0.25) is 0 Å². The van der Waals surface area contributed by atoms with E-state index in [1.165, 1.54) is 0 Å². The molecule has 0 amide bonds. The number of aliphatic hydroxyl groups is 1. The lowest BCUT2D eigenvalue weighted by Crippen LogP contribution is -1.96. The first-order valence-electron chi connectivity index (χ1n) is 7.22. The largest absolute Gasteiger partial charge is 0.493 e. The Hall–Kier alpha value is -2.79. The summed E-state index contributed by atoms with van der Waals surface area (Å²) in [7, 11) is 3.21. The lowest BCUT2D eigenvalue weighted by atomic mass is 10.1. The van der Waals surface area contributed by atoms with E-state index in [0.717, 1.165) is 27.8 Å². The molecule has 0 radical (unpaired) electrons. The molecule has 5 heteroatoms. The van der Waals surface area contributed by atoms with Crippen LogP contribution < -0.4 is 14.8 Å². The van der Waals surface area contributed by atoms with Crippen LogP contribution in [0.3, 0.4) is 0 Å². The van der Waals surface area contributed by atoms with E-state index in [0.29, 0.717) is 11.5 Å². The molecule has 1 aromatic heterocycles. The summed E-state index contributed by atoms with van der Waals surface area (Å²) in [4.78, 5) is 4.39. The third-order valence-electron chi connectivity index (χ3n) is 3.64. The van der Waals surface area contributed by atoms with Crippen molar-refractivity contribution in [3.63, 3.8) is 0 Å². The Balaban J connectivity index is 2.06. The molecule has 2 aromatic carbocycles. The highest BCUT2D eigenvalue weighted by Crippen LogP contribution is 2.35. The smallest absolute Gasteiger partial charge is 0.162 e.